The van der Waals surface area contributed by atoms with Gasteiger partial charge in [-0.1, -0.05) is 40.2 Å². The number of hydrogen-bond acceptors (Lipinski definition) is 17. The van der Waals surface area contributed by atoms with E-state index in [1.54, 1.807) is 0 Å². The molecule has 4 saturated carbocycles. The molecule has 0 aromatic heterocycles. The number of hydrogen-bond donors (Lipinski definition) is 9. The Hall–Kier alpha value is -1.39. The van der Waals surface area contributed by atoms with E-state index in [0.29, 0.717) is 12.3 Å². The van der Waals surface area contributed by atoms with Crippen molar-refractivity contribution in [3.05, 3.63) is 11.6 Å². The van der Waals surface area contributed by atoms with Crippen molar-refractivity contribution in [2.45, 2.75) is 217 Å². The third-order valence-electron chi connectivity index (χ3n) is 18.5. The number of aliphatic hydroxyl groups is 9. The molecule has 8 fully saturated rings. The van der Waals surface area contributed by atoms with Crippen molar-refractivity contribution in [2.75, 3.05) is 13.2 Å². The SMILES string of the molecule is CC(C)=C[C@H]1C[C@](O)([C@H]2CC[C@]3(C)[C@@H]2CC[C@@H]2[C@@]4(C)CC[C@H](O[C@@H]5O[C@H](CO)[C@@H](O)[C@H](O[C@@H]6OC[C@@H](O)[C@H](O)[C@H]6O)[C@H]5O[C@@H]5O[C@@H](C)[C@H](O)[C@@H](O)[C@H]5O)C(C)(C)[C@@H]4CC[C@]23C)C(=O)O1. The van der Waals surface area contributed by atoms with Gasteiger partial charge in [0.25, 0.3) is 0 Å². The molecule has 8 aliphatic rings. The molecule has 4 aliphatic heterocycles. The first-order valence-electron chi connectivity index (χ1n) is 23.8. The van der Waals surface area contributed by atoms with Crippen molar-refractivity contribution in [1.82, 2.24) is 0 Å². The van der Waals surface area contributed by atoms with Crippen LogP contribution < -0.4 is 0 Å². The van der Waals surface area contributed by atoms with E-state index < -0.39 is 128 Å². The summed E-state index contributed by atoms with van der Waals surface area (Å²) in [4.78, 5) is 13.4. The monoisotopic (exact) mass is 913 g/mol. The number of fused-ring (bicyclic) bond motifs is 5. The van der Waals surface area contributed by atoms with Gasteiger partial charge in [-0.25, -0.2) is 4.79 Å². The molecule has 17 nitrogen and oxygen atoms in total. The minimum Gasteiger partial charge on any atom is -0.456 e. The van der Waals surface area contributed by atoms with Gasteiger partial charge in [0.15, 0.2) is 24.5 Å². The summed E-state index contributed by atoms with van der Waals surface area (Å²) in [6.45, 7) is 16.1. The van der Waals surface area contributed by atoms with E-state index in [4.69, 9.17) is 33.2 Å². The van der Waals surface area contributed by atoms with E-state index >= 15 is 0 Å². The quantitative estimate of drug-likeness (QED) is 0.0894. The van der Waals surface area contributed by atoms with Gasteiger partial charge in [0.2, 0.25) is 0 Å². The number of rotatable bonds is 9. The zero-order valence-electron chi connectivity index (χ0n) is 38.7. The maximum atomic E-state index is 13.4. The molecule has 0 radical (unpaired) electrons. The lowest BCUT2D eigenvalue weighted by atomic mass is 9.35. The van der Waals surface area contributed by atoms with Crippen LogP contribution in [0.2, 0.25) is 0 Å². The fourth-order valence-corrected chi connectivity index (χ4v) is 14.9. The van der Waals surface area contributed by atoms with E-state index in [2.05, 4.69) is 34.6 Å². The van der Waals surface area contributed by atoms with Crippen LogP contribution in [0.25, 0.3) is 0 Å². The normalized spacial score (nSPS) is 54.9. The molecule has 8 rings (SSSR count). The van der Waals surface area contributed by atoms with Gasteiger partial charge in [-0.2, -0.15) is 0 Å². The first kappa shape index (κ1) is 49.0. The second kappa shape index (κ2) is 17.5. The molecule has 24 atom stereocenters. The third-order valence-corrected chi connectivity index (χ3v) is 18.5. The second-order valence-electron chi connectivity index (χ2n) is 22.5. The Morgan fingerprint density at radius 1 is 0.703 bits per heavy atom. The van der Waals surface area contributed by atoms with Crippen LogP contribution >= 0.6 is 0 Å². The lowest BCUT2D eigenvalue weighted by molar-refractivity contribution is -0.395. The first-order chi connectivity index (χ1) is 29.9. The zero-order chi connectivity index (χ0) is 46.6. The number of carbonyl (C=O) groups is 1. The van der Waals surface area contributed by atoms with Gasteiger partial charge in [-0.05, 0) is 118 Å². The largest absolute Gasteiger partial charge is 0.456 e. The van der Waals surface area contributed by atoms with Crippen LogP contribution in [-0.2, 0) is 38.0 Å². The first-order valence-corrected chi connectivity index (χ1v) is 23.8. The molecule has 0 unspecified atom stereocenters. The maximum absolute atomic E-state index is 13.4. The van der Waals surface area contributed by atoms with Gasteiger partial charge >= 0.3 is 5.97 Å². The smallest absolute Gasteiger partial charge is 0.339 e. The van der Waals surface area contributed by atoms with Crippen LogP contribution in [-0.4, -0.2) is 169 Å². The Labute approximate surface area is 376 Å². The summed E-state index contributed by atoms with van der Waals surface area (Å²) in [5.41, 5.74) is -1.21. The van der Waals surface area contributed by atoms with Crippen molar-refractivity contribution < 1.29 is 83.9 Å². The summed E-state index contributed by atoms with van der Waals surface area (Å²) in [5, 5.41) is 97.9. The third kappa shape index (κ3) is 7.76. The van der Waals surface area contributed by atoms with E-state index in [-0.39, 0.29) is 40.4 Å². The van der Waals surface area contributed by atoms with Crippen molar-refractivity contribution in [3.8, 4) is 0 Å². The van der Waals surface area contributed by atoms with Crippen LogP contribution in [0.1, 0.15) is 113 Å². The van der Waals surface area contributed by atoms with E-state index in [1.807, 2.05) is 19.9 Å². The zero-order valence-corrected chi connectivity index (χ0v) is 38.7. The summed E-state index contributed by atoms with van der Waals surface area (Å²) in [6, 6.07) is 0. The second-order valence-corrected chi connectivity index (χ2v) is 22.5. The fourth-order valence-electron chi connectivity index (χ4n) is 14.9. The van der Waals surface area contributed by atoms with Crippen molar-refractivity contribution in [3.63, 3.8) is 0 Å². The van der Waals surface area contributed by atoms with E-state index in [9.17, 15) is 50.8 Å². The Morgan fingerprint density at radius 2 is 1.38 bits per heavy atom. The number of ether oxygens (including phenoxy) is 7. The highest BCUT2D eigenvalue weighted by molar-refractivity contribution is 5.82. The molecule has 17 heteroatoms. The average molecular weight is 913 g/mol. The summed E-state index contributed by atoms with van der Waals surface area (Å²) in [7, 11) is 0. The molecular weight excluding hydrogens is 836 g/mol. The number of esters is 1. The topological polar surface area (TPSA) is 264 Å². The molecule has 366 valence electrons. The number of aliphatic hydroxyl groups excluding tert-OH is 8. The molecule has 64 heavy (non-hydrogen) atoms. The van der Waals surface area contributed by atoms with Crippen LogP contribution in [0.5, 0.6) is 0 Å². The molecule has 4 saturated heterocycles. The number of carbonyl (C=O) groups excluding carboxylic acids is 1. The summed E-state index contributed by atoms with van der Waals surface area (Å²) < 4.78 is 42.9. The van der Waals surface area contributed by atoms with Gasteiger partial charge in [0, 0.05) is 12.3 Å². The number of allylic oxidation sites excluding steroid dienone is 1. The van der Waals surface area contributed by atoms with Crippen molar-refractivity contribution in [2.24, 2.45) is 45.3 Å². The molecule has 0 aromatic rings. The van der Waals surface area contributed by atoms with Gasteiger partial charge in [0.1, 0.15) is 67.1 Å². The molecule has 4 heterocycles. The maximum Gasteiger partial charge on any atom is 0.339 e. The molecule has 0 aromatic carbocycles. The van der Waals surface area contributed by atoms with E-state index in [0.717, 1.165) is 50.5 Å². The summed E-state index contributed by atoms with van der Waals surface area (Å²) in [6.07, 6.45) is -12.9. The lowest BCUT2D eigenvalue weighted by Gasteiger charge is -2.70. The molecular formula is C47H76O17. The van der Waals surface area contributed by atoms with Gasteiger partial charge in [-0.15, -0.1) is 0 Å². The van der Waals surface area contributed by atoms with Crippen LogP contribution in [0.3, 0.4) is 0 Å². The average Bonchev–Trinajstić information content (AvgIpc) is 3.74. The Bertz CT molecular complexity index is 1730. The molecule has 4 aliphatic carbocycles. The highest BCUT2D eigenvalue weighted by Gasteiger charge is 2.71. The molecule has 0 bridgehead atoms. The number of cyclic esters (lactones) is 1. The molecule has 9 N–H and O–H groups in total. The fraction of sp³-hybridized carbons (Fsp3) is 0.936. The Balaban J connectivity index is 1.05. The van der Waals surface area contributed by atoms with Crippen molar-refractivity contribution >= 4 is 5.97 Å². The summed E-state index contributed by atoms with van der Waals surface area (Å²) in [5.74, 6) is 0.0297. The molecule has 0 spiro atoms. The predicted molar refractivity (Wildman–Crippen MR) is 224 cm³/mol. The van der Waals surface area contributed by atoms with Crippen LogP contribution in [0.15, 0.2) is 11.6 Å². The van der Waals surface area contributed by atoms with Crippen molar-refractivity contribution in [1.29, 1.82) is 0 Å². The van der Waals surface area contributed by atoms with Gasteiger partial charge < -0.3 is 79.1 Å². The lowest BCUT2D eigenvalue weighted by Crippen LogP contribution is -2.67. The Kier molecular flexibility index (Phi) is 13.4. The summed E-state index contributed by atoms with van der Waals surface area (Å²) >= 11 is 0. The predicted octanol–water partition coefficient (Wildman–Crippen LogP) is 1.18. The van der Waals surface area contributed by atoms with Gasteiger partial charge in [0.05, 0.1) is 25.4 Å². The minimum absolute atomic E-state index is 0.0657. The van der Waals surface area contributed by atoms with Crippen LogP contribution in [0, 0.1) is 45.3 Å². The standard InChI is InChI=1S/C47H76O17/c1-21(2)17-23-18-47(57,42(56)60-23)25-11-15-45(7)24(25)9-10-29-44(6)14-13-30(43(4,5)28(44)12-16-46(29,45)8)62-41-38(64-40-36(55)34(53)31(50)22(3)59-40)37(33(52)27(19-48)61-41)63-39-35(54)32(51)26(49)20-58-39/h17,22-41,48-55,57H,9-16,18-20H2,1-8H3/t22-,23-,24+,25-,26+,27+,28-,29+,30-,31-,32-,33+,34+,35+,36+,37-,38+,39-,40-,41-,44-,45+,46+,47-/m0/s1. The minimum atomic E-state index is -1.75. The van der Waals surface area contributed by atoms with Crippen LogP contribution in [0.4, 0.5) is 0 Å². The molecule has 0 amide bonds. The highest BCUT2D eigenvalue weighted by Crippen LogP contribution is 2.76. The van der Waals surface area contributed by atoms with Gasteiger partial charge in [-0.3, -0.25) is 0 Å². The highest BCUT2D eigenvalue weighted by atomic mass is 16.8. The Morgan fingerprint density at radius 3 is 2.06 bits per heavy atom. The van der Waals surface area contributed by atoms with E-state index in [1.165, 1.54) is 6.92 Å².